The molecule has 0 aromatic heterocycles. The minimum absolute atomic E-state index is 0.0407. The highest BCUT2D eigenvalue weighted by molar-refractivity contribution is 5.97. The summed E-state index contributed by atoms with van der Waals surface area (Å²) in [5.74, 6) is -0.0132. The van der Waals surface area contributed by atoms with Gasteiger partial charge in [-0.1, -0.05) is 13.8 Å². The van der Waals surface area contributed by atoms with Gasteiger partial charge >= 0.3 is 0 Å². The summed E-state index contributed by atoms with van der Waals surface area (Å²) in [6, 6.07) is 5.45. The van der Waals surface area contributed by atoms with E-state index in [2.05, 4.69) is 29.4 Å². The zero-order valence-corrected chi connectivity index (χ0v) is 12.7. The molecule has 5 heteroatoms. The predicted octanol–water partition coefficient (Wildman–Crippen LogP) is 1.64. The third kappa shape index (κ3) is 4.04. The fourth-order valence-electron chi connectivity index (χ4n) is 2.49. The number of fused-ring (bicyclic) bond motifs is 1. The van der Waals surface area contributed by atoms with E-state index < -0.39 is 0 Å². The van der Waals surface area contributed by atoms with Gasteiger partial charge in [-0.05, 0) is 43.3 Å². The van der Waals surface area contributed by atoms with Crippen LogP contribution in [-0.4, -0.2) is 42.9 Å². The first-order valence-corrected chi connectivity index (χ1v) is 7.57. The first-order chi connectivity index (χ1) is 10.1. The number of aryl methyl sites for hydroxylation is 1. The van der Waals surface area contributed by atoms with E-state index in [4.69, 9.17) is 0 Å². The van der Waals surface area contributed by atoms with Crippen LogP contribution in [0.3, 0.4) is 0 Å². The molecule has 0 radical (unpaired) electrons. The first-order valence-electron chi connectivity index (χ1n) is 7.57. The highest BCUT2D eigenvalue weighted by Gasteiger charge is 2.16. The molecule has 0 saturated carbocycles. The van der Waals surface area contributed by atoms with Crippen LogP contribution < -0.4 is 10.6 Å². The van der Waals surface area contributed by atoms with Crippen LogP contribution in [0.1, 0.15) is 36.2 Å². The number of nitrogens with one attached hydrogen (secondary N) is 2. The smallest absolute Gasteiger partial charge is 0.251 e. The van der Waals surface area contributed by atoms with Gasteiger partial charge in [-0.2, -0.15) is 0 Å². The number of benzene rings is 1. The number of carbonyl (C=O) groups excluding carboxylic acids is 2. The maximum Gasteiger partial charge on any atom is 0.251 e. The summed E-state index contributed by atoms with van der Waals surface area (Å²) < 4.78 is 0. The highest BCUT2D eigenvalue weighted by Crippen LogP contribution is 2.23. The lowest BCUT2D eigenvalue weighted by Crippen LogP contribution is -2.34. The van der Waals surface area contributed by atoms with Crippen LogP contribution >= 0.6 is 0 Å². The van der Waals surface area contributed by atoms with Crippen molar-refractivity contribution in [3.05, 3.63) is 29.3 Å². The third-order valence-corrected chi connectivity index (χ3v) is 3.87. The fourth-order valence-corrected chi connectivity index (χ4v) is 2.49. The number of hydrogen-bond acceptors (Lipinski definition) is 3. The molecule has 1 heterocycles. The lowest BCUT2D eigenvalue weighted by Gasteiger charge is -2.19. The van der Waals surface area contributed by atoms with Crippen LogP contribution in [0.2, 0.25) is 0 Å². The number of carbonyl (C=O) groups is 2. The number of amides is 2. The second kappa shape index (κ2) is 7.22. The molecule has 0 bridgehead atoms. The summed E-state index contributed by atoms with van der Waals surface area (Å²) in [6.07, 6.45) is 1.18. The van der Waals surface area contributed by atoms with Crippen LogP contribution in [0, 0.1) is 0 Å². The molecule has 0 saturated heterocycles. The number of anilines is 1. The Morgan fingerprint density at radius 3 is 2.76 bits per heavy atom. The van der Waals surface area contributed by atoms with E-state index in [1.807, 2.05) is 12.1 Å². The molecule has 0 aliphatic carbocycles. The predicted molar refractivity (Wildman–Crippen MR) is 83.5 cm³/mol. The molecule has 5 nitrogen and oxygen atoms in total. The molecule has 0 unspecified atom stereocenters. The normalized spacial score (nSPS) is 13.8. The minimum atomic E-state index is -0.0538. The Morgan fingerprint density at radius 2 is 2.05 bits per heavy atom. The summed E-state index contributed by atoms with van der Waals surface area (Å²) in [5, 5.41) is 5.77. The number of hydrogen-bond donors (Lipinski definition) is 2. The molecule has 0 fully saturated rings. The zero-order valence-electron chi connectivity index (χ0n) is 12.7. The van der Waals surface area contributed by atoms with E-state index in [0.717, 1.165) is 30.9 Å². The van der Waals surface area contributed by atoms with Gasteiger partial charge in [0, 0.05) is 30.8 Å². The summed E-state index contributed by atoms with van der Waals surface area (Å²) in [5.41, 5.74) is 2.52. The van der Waals surface area contributed by atoms with Gasteiger partial charge in [-0.15, -0.1) is 0 Å². The van der Waals surface area contributed by atoms with Gasteiger partial charge in [-0.25, -0.2) is 0 Å². The van der Waals surface area contributed by atoms with Crippen molar-refractivity contribution in [1.29, 1.82) is 0 Å². The third-order valence-electron chi connectivity index (χ3n) is 3.87. The second-order valence-corrected chi connectivity index (χ2v) is 5.20. The standard InChI is InChI=1S/C16H23N3O2/c1-3-19(4-2)10-9-17-16(21)13-5-7-14-12(11-13)6-8-15(20)18-14/h5,7,11H,3-4,6,8-10H2,1-2H3,(H,17,21)(H,18,20). The Kier molecular flexibility index (Phi) is 5.33. The summed E-state index contributed by atoms with van der Waals surface area (Å²) in [7, 11) is 0. The van der Waals surface area contributed by atoms with Crippen molar-refractivity contribution in [3.63, 3.8) is 0 Å². The molecule has 1 aliphatic rings. The average Bonchev–Trinajstić information content (AvgIpc) is 2.50. The molecule has 0 atom stereocenters. The SMILES string of the molecule is CCN(CC)CCNC(=O)c1ccc2c(c1)CCC(=O)N2. The molecule has 2 amide bonds. The maximum atomic E-state index is 12.1. The van der Waals surface area contributed by atoms with Crippen LogP contribution in [0.5, 0.6) is 0 Å². The van der Waals surface area contributed by atoms with Gasteiger partial charge in [0.1, 0.15) is 0 Å². The van der Waals surface area contributed by atoms with E-state index in [-0.39, 0.29) is 11.8 Å². The molecule has 1 aromatic carbocycles. The van der Waals surface area contributed by atoms with Crippen molar-refractivity contribution in [2.45, 2.75) is 26.7 Å². The van der Waals surface area contributed by atoms with Gasteiger partial charge in [-0.3, -0.25) is 9.59 Å². The Hall–Kier alpha value is -1.88. The molecule has 2 N–H and O–H groups in total. The molecule has 1 aromatic rings. The van der Waals surface area contributed by atoms with Crippen LogP contribution in [0.15, 0.2) is 18.2 Å². The van der Waals surface area contributed by atoms with Gasteiger partial charge in [0.05, 0.1) is 0 Å². The van der Waals surface area contributed by atoms with Crippen molar-refractivity contribution in [2.24, 2.45) is 0 Å². The monoisotopic (exact) mass is 289 g/mol. The van der Waals surface area contributed by atoms with Gasteiger partial charge in [0.15, 0.2) is 0 Å². The molecule has 114 valence electrons. The number of nitrogens with zero attached hydrogens (tertiary/aromatic N) is 1. The maximum absolute atomic E-state index is 12.1. The first kappa shape index (κ1) is 15.5. The summed E-state index contributed by atoms with van der Waals surface area (Å²) in [6.45, 7) is 7.72. The van der Waals surface area contributed by atoms with E-state index >= 15 is 0 Å². The Bertz CT molecular complexity index is 524. The Labute approximate surface area is 125 Å². The van der Waals surface area contributed by atoms with Crippen molar-refractivity contribution in [3.8, 4) is 0 Å². The van der Waals surface area contributed by atoms with Crippen molar-refractivity contribution < 1.29 is 9.59 Å². The molecular formula is C16H23N3O2. The second-order valence-electron chi connectivity index (χ2n) is 5.20. The van der Waals surface area contributed by atoms with Crippen LogP contribution in [0.4, 0.5) is 5.69 Å². The Morgan fingerprint density at radius 1 is 1.29 bits per heavy atom. The largest absolute Gasteiger partial charge is 0.351 e. The molecule has 0 spiro atoms. The van der Waals surface area contributed by atoms with Crippen molar-refractivity contribution >= 4 is 17.5 Å². The van der Waals surface area contributed by atoms with Crippen molar-refractivity contribution in [2.75, 3.05) is 31.5 Å². The van der Waals surface area contributed by atoms with Gasteiger partial charge in [0.25, 0.3) is 5.91 Å². The number of rotatable bonds is 6. The van der Waals surface area contributed by atoms with Crippen LogP contribution in [0.25, 0.3) is 0 Å². The fraction of sp³-hybridized carbons (Fsp3) is 0.500. The molecule has 21 heavy (non-hydrogen) atoms. The summed E-state index contributed by atoms with van der Waals surface area (Å²) in [4.78, 5) is 25.7. The van der Waals surface area contributed by atoms with Gasteiger partial charge in [0.2, 0.25) is 5.91 Å². The molecule has 2 rings (SSSR count). The van der Waals surface area contributed by atoms with Crippen molar-refractivity contribution in [1.82, 2.24) is 10.2 Å². The summed E-state index contributed by atoms with van der Waals surface area (Å²) >= 11 is 0. The minimum Gasteiger partial charge on any atom is -0.351 e. The molecule has 1 aliphatic heterocycles. The van der Waals surface area contributed by atoms with Gasteiger partial charge < -0.3 is 15.5 Å². The lowest BCUT2D eigenvalue weighted by molar-refractivity contribution is -0.116. The van der Waals surface area contributed by atoms with Crippen LogP contribution in [-0.2, 0) is 11.2 Å². The van der Waals surface area contributed by atoms with E-state index in [1.54, 1.807) is 6.07 Å². The zero-order chi connectivity index (χ0) is 15.2. The molecular weight excluding hydrogens is 266 g/mol. The quantitative estimate of drug-likeness (QED) is 0.837. The Balaban J connectivity index is 1.92. The van der Waals surface area contributed by atoms with E-state index in [9.17, 15) is 9.59 Å². The van der Waals surface area contributed by atoms with E-state index in [0.29, 0.717) is 24.9 Å². The lowest BCUT2D eigenvalue weighted by atomic mass is 10.00. The number of likely N-dealkylation sites (N-methyl/N-ethyl adjacent to an activating group) is 1. The van der Waals surface area contributed by atoms with E-state index in [1.165, 1.54) is 0 Å². The highest BCUT2D eigenvalue weighted by atomic mass is 16.2. The topological polar surface area (TPSA) is 61.4 Å². The average molecular weight is 289 g/mol.